The van der Waals surface area contributed by atoms with Crippen LogP contribution >= 0.6 is 0 Å². The van der Waals surface area contributed by atoms with E-state index in [2.05, 4.69) is 45.0 Å². The molecule has 0 aliphatic carbocycles. The van der Waals surface area contributed by atoms with Crippen LogP contribution in [0.3, 0.4) is 0 Å². The van der Waals surface area contributed by atoms with Gasteiger partial charge in [-0.2, -0.15) is 0 Å². The zero-order valence-corrected chi connectivity index (χ0v) is 14.7. The van der Waals surface area contributed by atoms with Crippen LogP contribution < -0.4 is 10.2 Å². The number of hydrogen-bond acceptors (Lipinski definition) is 5. The lowest BCUT2D eigenvalue weighted by Crippen LogP contribution is -2.37. The largest absolute Gasteiger partial charge is 0.368 e. The van der Waals surface area contributed by atoms with Crippen molar-refractivity contribution < 1.29 is 0 Å². The van der Waals surface area contributed by atoms with E-state index in [1.807, 2.05) is 0 Å². The summed E-state index contributed by atoms with van der Waals surface area (Å²) in [7, 11) is 0. The highest BCUT2D eigenvalue weighted by molar-refractivity contribution is 5.48. The van der Waals surface area contributed by atoms with Crippen LogP contribution in [0.1, 0.15) is 46.0 Å². The maximum Gasteiger partial charge on any atom is 0.134 e. The standard InChI is InChI=1S/C18H31N5/c1-15(2)13-23-10-6-7-16(23)12-19-17-11-18(21-14-20-17)22-8-4-3-5-9-22/h11,14-16H,3-10,12-13H2,1-2H3,(H,19,20,21)/t16-/m1/s1. The molecular weight excluding hydrogens is 286 g/mol. The molecule has 1 aromatic rings. The summed E-state index contributed by atoms with van der Waals surface area (Å²) in [5.41, 5.74) is 0. The molecule has 1 atom stereocenters. The van der Waals surface area contributed by atoms with Gasteiger partial charge in [0.25, 0.3) is 0 Å². The molecule has 0 spiro atoms. The fourth-order valence-corrected chi connectivity index (χ4v) is 3.80. The van der Waals surface area contributed by atoms with Crippen LogP contribution in [0.5, 0.6) is 0 Å². The normalized spacial score (nSPS) is 22.7. The third kappa shape index (κ3) is 4.56. The number of nitrogens with one attached hydrogen (secondary N) is 1. The number of nitrogens with zero attached hydrogens (tertiary/aromatic N) is 4. The van der Waals surface area contributed by atoms with Crippen LogP contribution in [0, 0.1) is 5.92 Å². The molecule has 1 aromatic heterocycles. The summed E-state index contributed by atoms with van der Waals surface area (Å²) < 4.78 is 0. The molecule has 23 heavy (non-hydrogen) atoms. The molecule has 2 aliphatic rings. The van der Waals surface area contributed by atoms with Crippen LogP contribution in [0.2, 0.25) is 0 Å². The summed E-state index contributed by atoms with van der Waals surface area (Å²) in [6, 6.07) is 2.76. The molecule has 0 aromatic carbocycles. The molecule has 0 bridgehead atoms. The summed E-state index contributed by atoms with van der Waals surface area (Å²) in [5.74, 6) is 2.78. The molecule has 2 aliphatic heterocycles. The van der Waals surface area contributed by atoms with E-state index in [9.17, 15) is 0 Å². The lowest BCUT2D eigenvalue weighted by Gasteiger charge is -2.28. The summed E-state index contributed by atoms with van der Waals surface area (Å²) in [4.78, 5) is 13.9. The first kappa shape index (κ1) is 16.5. The minimum Gasteiger partial charge on any atom is -0.368 e. The Kier molecular flexibility index (Phi) is 5.70. The van der Waals surface area contributed by atoms with Gasteiger partial charge in [0.15, 0.2) is 0 Å². The summed E-state index contributed by atoms with van der Waals surface area (Å²) in [6.45, 7) is 10.3. The maximum atomic E-state index is 4.46. The topological polar surface area (TPSA) is 44.3 Å². The molecule has 2 fully saturated rings. The Morgan fingerprint density at radius 3 is 2.74 bits per heavy atom. The van der Waals surface area contributed by atoms with Crippen LogP contribution in [-0.4, -0.2) is 53.6 Å². The van der Waals surface area contributed by atoms with Crippen LogP contribution in [0.15, 0.2) is 12.4 Å². The smallest absolute Gasteiger partial charge is 0.134 e. The van der Waals surface area contributed by atoms with Gasteiger partial charge in [-0.15, -0.1) is 0 Å². The molecule has 0 radical (unpaired) electrons. The van der Waals surface area contributed by atoms with Gasteiger partial charge in [0.05, 0.1) is 0 Å². The Hall–Kier alpha value is -1.36. The zero-order chi connectivity index (χ0) is 16.1. The van der Waals surface area contributed by atoms with Crippen molar-refractivity contribution in [2.24, 2.45) is 5.92 Å². The van der Waals surface area contributed by atoms with Crippen molar-refractivity contribution in [1.82, 2.24) is 14.9 Å². The lowest BCUT2D eigenvalue weighted by atomic mass is 10.1. The van der Waals surface area contributed by atoms with Crippen molar-refractivity contribution in [3.05, 3.63) is 12.4 Å². The number of likely N-dealkylation sites (tertiary alicyclic amines) is 1. The molecule has 5 heteroatoms. The van der Waals surface area contributed by atoms with Gasteiger partial charge in [-0.3, -0.25) is 4.90 Å². The SMILES string of the molecule is CC(C)CN1CCC[C@@H]1CNc1cc(N2CCCCC2)ncn1. The van der Waals surface area contributed by atoms with Gasteiger partial charge < -0.3 is 10.2 Å². The fourth-order valence-electron chi connectivity index (χ4n) is 3.80. The minimum absolute atomic E-state index is 0.644. The zero-order valence-electron chi connectivity index (χ0n) is 14.7. The van der Waals surface area contributed by atoms with Crippen LogP contribution in [-0.2, 0) is 0 Å². The second-order valence-corrected chi connectivity index (χ2v) is 7.37. The second-order valence-electron chi connectivity index (χ2n) is 7.37. The summed E-state index contributed by atoms with van der Waals surface area (Å²) in [5, 5.41) is 3.55. The average Bonchev–Trinajstić information content (AvgIpc) is 3.00. The van der Waals surface area contributed by atoms with E-state index in [0.29, 0.717) is 6.04 Å². The predicted octanol–water partition coefficient (Wildman–Crippen LogP) is 3.00. The Morgan fingerprint density at radius 1 is 1.13 bits per heavy atom. The van der Waals surface area contributed by atoms with E-state index in [1.54, 1.807) is 6.33 Å². The number of hydrogen-bond donors (Lipinski definition) is 1. The van der Waals surface area contributed by atoms with E-state index in [-0.39, 0.29) is 0 Å². The molecule has 3 heterocycles. The third-order valence-electron chi connectivity index (χ3n) is 4.95. The molecule has 128 valence electrons. The lowest BCUT2D eigenvalue weighted by molar-refractivity contribution is 0.234. The van der Waals surface area contributed by atoms with Gasteiger partial charge in [0.2, 0.25) is 0 Å². The maximum absolute atomic E-state index is 4.46. The van der Waals surface area contributed by atoms with Gasteiger partial charge in [0.1, 0.15) is 18.0 Å². The average molecular weight is 317 g/mol. The van der Waals surface area contributed by atoms with Crippen LogP contribution in [0.4, 0.5) is 11.6 Å². The second kappa shape index (κ2) is 7.95. The monoisotopic (exact) mass is 317 g/mol. The predicted molar refractivity (Wildman–Crippen MR) is 96.0 cm³/mol. The fraction of sp³-hybridized carbons (Fsp3) is 0.778. The van der Waals surface area contributed by atoms with Crippen molar-refractivity contribution in [2.45, 2.75) is 52.0 Å². The third-order valence-corrected chi connectivity index (χ3v) is 4.95. The Labute approximate surface area is 140 Å². The first-order chi connectivity index (χ1) is 11.2. The number of rotatable bonds is 6. The first-order valence-corrected chi connectivity index (χ1v) is 9.27. The number of anilines is 2. The Morgan fingerprint density at radius 2 is 1.96 bits per heavy atom. The molecule has 0 saturated carbocycles. The van der Waals surface area contributed by atoms with E-state index >= 15 is 0 Å². The highest BCUT2D eigenvalue weighted by Gasteiger charge is 2.24. The molecule has 1 N–H and O–H groups in total. The highest BCUT2D eigenvalue weighted by Crippen LogP contribution is 2.21. The summed E-state index contributed by atoms with van der Waals surface area (Å²) in [6.07, 6.45) is 8.22. The van der Waals surface area contributed by atoms with Crippen molar-refractivity contribution in [1.29, 1.82) is 0 Å². The quantitative estimate of drug-likeness (QED) is 0.874. The molecular formula is C18H31N5. The molecule has 2 saturated heterocycles. The van der Waals surface area contributed by atoms with Crippen molar-refractivity contribution in [3.8, 4) is 0 Å². The van der Waals surface area contributed by atoms with Gasteiger partial charge in [0, 0.05) is 38.3 Å². The van der Waals surface area contributed by atoms with Gasteiger partial charge >= 0.3 is 0 Å². The van der Waals surface area contributed by atoms with E-state index in [4.69, 9.17) is 0 Å². The van der Waals surface area contributed by atoms with E-state index < -0.39 is 0 Å². The Bertz CT molecular complexity index is 484. The molecule has 3 rings (SSSR count). The minimum atomic E-state index is 0.644. The highest BCUT2D eigenvalue weighted by atomic mass is 15.2. The van der Waals surface area contributed by atoms with Gasteiger partial charge in [-0.25, -0.2) is 9.97 Å². The van der Waals surface area contributed by atoms with Crippen molar-refractivity contribution in [3.63, 3.8) is 0 Å². The Balaban J connectivity index is 1.55. The van der Waals surface area contributed by atoms with E-state index in [0.717, 1.165) is 37.2 Å². The first-order valence-electron chi connectivity index (χ1n) is 9.27. The van der Waals surface area contributed by atoms with Gasteiger partial charge in [-0.1, -0.05) is 13.8 Å². The number of aromatic nitrogens is 2. The van der Waals surface area contributed by atoms with Gasteiger partial charge in [-0.05, 0) is 44.6 Å². The summed E-state index contributed by atoms with van der Waals surface area (Å²) >= 11 is 0. The van der Waals surface area contributed by atoms with E-state index in [1.165, 1.54) is 45.2 Å². The molecule has 5 nitrogen and oxygen atoms in total. The van der Waals surface area contributed by atoms with Crippen molar-refractivity contribution in [2.75, 3.05) is 42.9 Å². The van der Waals surface area contributed by atoms with Crippen LogP contribution in [0.25, 0.3) is 0 Å². The van der Waals surface area contributed by atoms with Crippen molar-refractivity contribution >= 4 is 11.6 Å². The number of piperidine rings is 1. The molecule has 0 unspecified atom stereocenters. The molecule has 0 amide bonds.